The average molecular weight is 718 g/mol. The lowest BCUT2D eigenvalue weighted by Crippen LogP contribution is -2.54. The zero-order chi connectivity index (χ0) is 36.5. The topological polar surface area (TPSA) is 133 Å². The number of allylic oxidation sites excluding steroid dienone is 4. The minimum Gasteiger partial charge on any atom is -0.493 e. The molecule has 3 unspecified atom stereocenters. The highest BCUT2D eigenvalue weighted by atomic mass is 35.5. The molecule has 3 aromatic rings. The van der Waals surface area contributed by atoms with Crippen molar-refractivity contribution < 1.29 is 28.7 Å². The Bertz CT molecular complexity index is 1800. The molecule has 2 aromatic carbocycles. The van der Waals surface area contributed by atoms with E-state index in [2.05, 4.69) is 40.8 Å². The Morgan fingerprint density at radius 3 is 2.47 bits per heavy atom. The number of nitrogens with one attached hydrogen (secondary N) is 3. The number of halogens is 1. The number of carbonyl (C=O) groups is 4. The number of amides is 4. The first kappa shape index (κ1) is 37.5. The molecule has 11 nitrogen and oxygen atoms in total. The van der Waals surface area contributed by atoms with Crippen molar-refractivity contribution in [1.29, 1.82) is 0 Å². The molecule has 0 saturated carbocycles. The first-order valence-corrected chi connectivity index (χ1v) is 17.9. The van der Waals surface area contributed by atoms with Crippen LogP contribution in [0.5, 0.6) is 11.5 Å². The Labute approximate surface area is 304 Å². The van der Waals surface area contributed by atoms with E-state index in [0.717, 1.165) is 16.5 Å². The van der Waals surface area contributed by atoms with Gasteiger partial charge in [0, 0.05) is 60.9 Å². The molecule has 272 valence electrons. The third-order valence-corrected chi connectivity index (χ3v) is 10.2. The number of ether oxygens (including phenoxy) is 2. The second-order valence-corrected chi connectivity index (χ2v) is 13.7. The lowest BCUT2D eigenvalue weighted by Gasteiger charge is -2.39. The van der Waals surface area contributed by atoms with Crippen LogP contribution < -0.4 is 20.1 Å². The number of hydrogen-bond donors (Lipinski definition) is 3. The highest BCUT2D eigenvalue weighted by Crippen LogP contribution is 2.37. The summed E-state index contributed by atoms with van der Waals surface area (Å²) < 4.78 is 10.7. The van der Waals surface area contributed by atoms with E-state index in [4.69, 9.17) is 21.1 Å². The van der Waals surface area contributed by atoms with E-state index < -0.39 is 5.92 Å². The van der Waals surface area contributed by atoms with Crippen LogP contribution in [-0.2, 0) is 20.8 Å². The van der Waals surface area contributed by atoms with Gasteiger partial charge in [0.1, 0.15) is 0 Å². The van der Waals surface area contributed by atoms with Crippen LogP contribution in [0.4, 0.5) is 0 Å². The zero-order valence-electron chi connectivity index (χ0n) is 29.8. The zero-order valence-corrected chi connectivity index (χ0v) is 30.6. The summed E-state index contributed by atoms with van der Waals surface area (Å²) in [6.45, 7) is 3.45. The summed E-state index contributed by atoms with van der Waals surface area (Å²) in [5, 5.41) is 6.72. The summed E-state index contributed by atoms with van der Waals surface area (Å²) in [7, 11) is 4.54. The molecule has 1 aromatic heterocycles. The number of methoxy groups -OCH3 is 2. The van der Waals surface area contributed by atoms with E-state index in [-0.39, 0.29) is 55.0 Å². The summed E-state index contributed by atoms with van der Waals surface area (Å²) in [5.74, 6) is -0.826. The molecule has 2 aliphatic heterocycles. The number of nitrogens with zero attached hydrogens (tertiary/aromatic N) is 2. The number of hydrogen-bond acceptors (Lipinski definition) is 6. The number of rotatable bonds is 10. The van der Waals surface area contributed by atoms with Crippen LogP contribution in [0.1, 0.15) is 48.5 Å². The first-order valence-electron chi connectivity index (χ1n) is 17.5. The maximum atomic E-state index is 13.6. The minimum atomic E-state index is -0.581. The molecule has 3 aliphatic rings. The van der Waals surface area contributed by atoms with Crippen molar-refractivity contribution in [2.75, 3.05) is 54.0 Å². The first-order chi connectivity index (χ1) is 24.6. The molecular weight excluding hydrogens is 670 g/mol. The van der Waals surface area contributed by atoms with Gasteiger partial charge in [-0.05, 0) is 67.0 Å². The summed E-state index contributed by atoms with van der Waals surface area (Å²) in [6.07, 6.45) is 13.8. The van der Waals surface area contributed by atoms with Crippen molar-refractivity contribution in [2.45, 2.75) is 39.0 Å². The van der Waals surface area contributed by atoms with Crippen LogP contribution in [0.25, 0.3) is 10.9 Å². The van der Waals surface area contributed by atoms with Gasteiger partial charge < -0.3 is 34.9 Å². The number of aromatic nitrogens is 1. The minimum absolute atomic E-state index is 0.107. The molecule has 6 rings (SSSR count). The van der Waals surface area contributed by atoms with Gasteiger partial charge in [0.05, 0.1) is 33.1 Å². The van der Waals surface area contributed by atoms with E-state index in [1.54, 1.807) is 45.8 Å². The predicted octanol–water partition coefficient (Wildman–Crippen LogP) is 5.15. The molecule has 3 atom stereocenters. The monoisotopic (exact) mass is 717 g/mol. The number of likely N-dealkylation sites (N-methyl/N-ethyl adjacent to an activating group) is 1. The number of benzene rings is 2. The molecule has 0 spiro atoms. The highest BCUT2D eigenvalue weighted by Gasteiger charge is 2.48. The second-order valence-electron chi connectivity index (χ2n) is 13.2. The Morgan fingerprint density at radius 2 is 1.76 bits per heavy atom. The maximum Gasteiger partial charge on any atom is 0.254 e. The molecule has 1 aliphatic carbocycles. The van der Waals surface area contributed by atoms with Crippen LogP contribution in [0.2, 0.25) is 5.02 Å². The number of H-pyrrole nitrogens is 1. The number of carbonyl (C=O) groups excluding carboxylic acids is 4. The molecule has 3 N–H and O–H groups in total. The average Bonchev–Trinajstić information content (AvgIpc) is 3.77. The third kappa shape index (κ3) is 9.13. The number of fused-ring (bicyclic) bond motifs is 2. The van der Waals surface area contributed by atoms with Gasteiger partial charge in [-0.1, -0.05) is 54.8 Å². The van der Waals surface area contributed by atoms with Gasteiger partial charge >= 0.3 is 0 Å². The van der Waals surface area contributed by atoms with Gasteiger partial charge in [-0.2, -0.15) is 0 Å². The van der Waals surface area contributed by atoms with Gasteiger partial charge in [-0.15, -0.1) is 0 Å². The standard InChI is InChI=1S/C30H34ClN5O6.C9H14/c1-32-27(37)12-34-29(39)23-16-35(28(38)9-18-11-33-24-10-20(31)5-6-21(18)24)13-19-14-36(15-22(19)23)30(40)17-4-7-25(41-2)26(8-17)42-3;1-2-6-9-7-4-3-5-8-9/h4-8,10-11,19,22-23,33H,9,12-16H2,1-3H3,(H,32,37)(H,34,39);3-4,7H,2,5-6,8H2,1H3. The molecule has 51 heavy (non-hydrogen) atoms. The fourth-order valence-corrected chi connectivity index (χ4v) is 7.39. The predicted molar refractivity (Wildman–Crippen MR) is 198 cm³/mol. The summed E-state index contributed by atoms with van der Waals surface area (Å²) >= 11 is 6.11. The van der Waals surface area contributed by atoms with Gasteiger partial charge in [-0.3, -0.25) is 19.2 Å². The maximum absolute atomic E-state index is 13.6. The summed E-state index contributed by atoms with van der Waals surface area (Å²) in [5.41, 5.74) is 3.75. The number of aromatic amines is 1. The van der Waals surface area contributed by atoms with E-state index >= 15 is 0 Å². The smallest absolute Gasteiger partial charge is 0.254 e. The van der Waals surface area contributed by atoms with Gasteiger partial charge in [0.15, 0.2) is 11.5 Å². The van der Waals surface area contributed by atoms with E-state index in [1.807, 2.05) is 12.1 Å². The molecule has 0 radical (unpaired) electrons. The SMILES string of the molecule is CCCC1=CC=CCC1.CNC(=O)CNC(=O)C1CN(C(=O)Cc2c[nH]c3cc(Cl)ccc23)CC2CN(C(=O)c3ccc(OC)c(OC)c3)CC21. The van der Waals surface area contributed by atoms with Crippen molar-refractivity contribution in [3.8, 4) is 11.5 Å². The van der Waals surface area contributed by atoms with E-state index in [9.17, 15) is 19.2 Å². The number of likely N-dealkylation sites (tertiary alicyclic amines) is 2. The fraction of sp³-hybridized carbons (Fsp3) is 0.436. The van der Waals surface area contributed by atoms with Gasteiger partial charge in [-0.25, -0.2) is 0 Å². The molecule has 2 fully saturated rings. The van der Waals surface area contributed by atoms with Crippen molar-refractivity contribution in [3.05, 3.63) is 82.5 Å². The van der Waals surface area contributed by atoms with Crippen molar-refractivity contribution >= 4 is 46.1 Å². The second kappa shape index (κ2) is 17.4. The van der Waals surface area contributed by atoms with E-state index in [1.165, 1.54) is 47.0 Å². The largest absolute Gasteiger partial charge is 0.493 e. The summed E-state index contributed by atoms with van der Waals surface area (Å²) in [4.78, 5) is 59.0. The fourth-order valence-electron chi connectivity index (χ4n) is 7.22. The molecule has 12 heteroatoms. The Morgan fingerprint density at radius 1 is 0.980 bits per heavy atom. The van der Waals surface area contributed by atoms with Crippen molar-refractivity contribution in [3.63, 3.8) is 0 Å². The van der Waals surface area contributed by atoms with Crippen molar-refractivity contribution in [1.82, 2.24) is 25.4 Å². The van der Waals surface area contributed by atoms with Crippen LogP contribution in [0, 0.1) is 17.8 Å². The molecule has 4 amide bonds. The Hall–Kier alpha value is -4.77. The van der Waals surface area contributed by atoms with Crippen LogP contribution in [-0.4, -0.2) is 92.4 Å². The lowest BCUT2D eigenvalue weighted by molar-refractivity contribution is -0.139. The van der Waals surface area contributed by atoms with Crippen LogP contribution in [0.3, 0.4) is 0 Å². The summed E-state index contributed by atoms with van der Waals surface area (Å²) in [6, 6.07) is 10.5. The Kier molecular flexibility index (Phi) is 12.8. The lowest BCUT2D eigenvalue weighted by atomic mass is 9.79. The van der Waals surface area contributed by atoms with Gasteiger partial charge in [0.2, 0.25) is 17.7 Å². The van der Waals surface area contributed by atoms with Crippen molar-refractivity contribution in [2.24, 2.45) is 17.8 Å². The van der Waals surface area contributed by atoms with E-state index in [0.29, 0.717) is 41.7 Å². The normalized spacial score (nSPS) is 19.4. The highest BCUT2D eigenvalue weighted by molar-refractivity contribution is 6.31. The molecule has 3 heterocycles. The molecule has 0 bridgehead atoms. The third-order valence-electron chi connectivity index (χ3n) is 9.93. The van der Waals surface area contributed by atoms with Crippen LogP contribution in [0.15, 0.2) is 66.4 Å². The molecule has 2 saturated heterocycles. The van der Waals surface area contributed by atoms with Crippen LogP contribution >= 0.6 is 11.6 Å². The Balaban J connectivity index is 0.000000488. The number of piperidine rings is 1. The molecular formula is C39H48ClN5O6. The van der Waals surface area contributed by atoms with Gasteiger partial charge in [0.25, 0.3) is 5.91 Å². The quantitative estimate of drug-likeness (QED) is 0.266.